The summed E-state index contributed by atoms with van der Waals surface area (Å²) < 4.78 is 10.7. The summed E-state index contributed by atoms with van der Waals surface area (Å²) in [6.07, 6.45) is 4.10. The van der Waals surface area contributed by atoms with Crippen LogP contribution in [0.25, 0.3) is 67.5 Å². The van der Waals surface area contributed by atoms with E-state index in [2.05, 4.69) is 58.5 Å². The van der Waals surface area contributed by atoms with E-state index in [9.17, 15) is 0 Å². The van der Waals surface area contributed by atoms with Crippen LogP contribution in [0.5, 0.6) is 0 Å². The third kappa shape index (κ3) is 3.89. The van der Waals surface area contributed by atoms with E-state index in [0.29, 0.717) is 17.2 Å². The van der Waals surface area contributed by atoms with Gasteiger partial charge in [0.25, 0.3) is 5.82 Å². The fourth-order valence-electron chi connectivity index (χ4n) is 5.24. The maximum absolute atomic E-state index is 6.50. The third-order valence-electron chi connectivity index (χ3n) is 7.22. The van der Waals surface area contributed by atoms with Crippen LogP contribution in [0, 0.1) is 6.92 Å². The highest BCUT2D eigenvalue weighted by Crippen LogP contribution is 2.37. The average Bonchev–Trinajstić information content (AvgIpc) is 3.52. The minimum atomic E-state index is 0.558. The van der Waals surface area contributed by atoms with Crippen LogP contribution in [0.2, 0.25) is 0 Å². The normalized spacial score (nSPS) is 11.5. The topological polar surface area (TPSA) is 60.6 Å². The first-order chi connectivity index (χ1) is 19.1. The average molecular weight is 509 g/mol. The largest absolute Gasteiger partial charge is 0.437 e. The lowest BCUT2D eigenvalue weighted by atomic mass is 10.0. The molecule has 6 heteroatoms. The van der Waals surface area contributed by atoms with Crippen molar-refractivity contribution in [1.29, 1.82) is 0 Å². The number of benzene rings is 3. The van der Waals surface area contributed by atoms with Gasteiger partial charge in [0.2, 0.25) is 5.71 Å². The van der Waals surface area contributed by atoms with Gasteiger partial charge in [0.15, 0.2) is 11.4 Å². The van der Waals surface area contributed by atoms with Crippen LogP contribution in [0.15, 0.2) is 108 Å². The highest BCUT2D eigenvalue weighted by atomic mass is 16.3. The number of aromatic nitrogens is 5. The number of hydrogen-bond donors (Lipinski definition) is 0. The van der Waals surface area contributed by atoms with Crippen LogP contribution in [-0.2, 0) is 14.1 Å². The fourth-order valence-corrected chi connectivity index (χ4v) is 5.24. The molecular formula is C33H26N5O+. The molecule has 0 fully saturated rings. The molecule has 0 bridgehead atoms. The third-order valence-corrected chi connectivity index (χ3v) is 7.22. The standard InChI is InChI=1S/C33H26N5O/c1-21-14-15-24-25-16-17-26(36-32(25)39-30(24)29(21)33-37(2)18-19-38(33)3)31-34-27(22-10-6-4-7-11-22)20-28(35-31)23-12-8-5-9-13-23/h4-20H,1-3H3/q+1. The number of nitrogens with zero attached hydrogens (tertiary/aromatic N) is 5. The van der Waals surface area contributed by atoms with Crippen molar-refractivity contribution in [2.24, 2.45) is 14.1 Å². The van der Waals surface area contributed by atoms with Crippen LogP contribution in [0.1, 0.15) is 5.56 Å². The molecule has 0 radical (unpaired) electrons. The van der Waals surface area contributed by atoms with E-state index in [1.165, 1.54) is 0 Å². The Morgan fingerprint density at radius 1 is 0.718 bits per heavy atom. The first kappa shape index (κ1) is 23.0. The van der Waals surface area contributed by atoms with Crippen LogP contribution < -0.4 is 4.57 Å². The van der Waals surface area contributed by atoms with E-state index in [1.54, 1.807) is 0 Å². The first-order valence-corrected chi connectivity index (χ1v) is 12.9. The summed E-state index contributed by atoms with van der Waals surface area (Å²) >= 11 is 0. The molecule has 0 amide bonds. The number of aryl methyl sites for hydroxylation is 3. The van der Waals surface area contributed by atoms with E-state index in [-0.39, 0.29) is 0 Å². The van der Waals surface area contributed by atoms with Gasteiger partial charge in [-0.15, -0.1) is 0 Å². The number of rotatable bonds is 4. The van der Waals surface area contributed by atoms with Crippen molar-refractivity contribution in [3.05, 3.63) is 109 Å². The molecule has 188 valence electrons. The summed E-state index contributed by atoms with van der Waals surface area (Å²) in [5, 5.41) is 2.00. The van der Waals surface area contributed by atoms with E-state index in [0.717, 1.165) is 55.8 Å². The van der Waals surface area contributed by atoms with Gasteiger partial charge in [-0.2, -0.15) is 0 Å². The van der Waals surface area contributed by atoms with Crippen molar-refractivity contribution in [1.82, 2.24) is 19.5 Å². The molecule has 0 unspecified atom stereocenters. The molecule has 4 aromatic heterocycles. The van der Waals surface area contributed by atoms with Gasteiger partial charge in [-0.05, 0) is 30.7 Å². The van der Waals surface area contributed by atoms with Crippen LogP contribution in [0.3, 0.4) is 0 Å². The number of hydrogen-bond acceptors (Lipinski definition) is 4. The molecule has 0 saturated carbocycles. The lowest BCUT2D eigenvalue weighted by Gasteiger charge is -2.08. The van der Waals surface area contributed by atoms with Gasteiger partial charge >= 0.3 is 0 Å². The van der Waals surface area contributed by atoms with Gasteiger partial charge < -0.3 is 4.42 Å². The number of pyridine rings is 1. The minimum Gasteiger partial charge on any atom is -0.437 e. The molecule has 0 atom stereocenters. The molecule has 4 heterocycles. The molecule has 0 N–H and O–H groups in total. The predicted octanol–water partition coefficient (Wildman–Crippen LogP) is 6.91. The van der Waals surface area contributed by atoms with Gasteiger partial charge in [-0.1, -0.05) is 72.8 Å². The van der Waals surface area contributed by atoms with Crippen LogP contribution in [0.4, 0.5) is 0 Å². The van der Waals surface area contributed by atoms with Crippen molar-refractivity contribution in [2.45, 2.75) is 6.92 Å². The summed E-state index contributed by atoms with van der Waals surface area (Å²) in [7, 11) is 4.10. The van der Waals surface area contributed by atoms with E-state index in [4.69, 9.17) is 19.4 Å². The summed E-state index contributed by atoms with van der Waals surface area (Å²) in [6.45, 7) is 2.11. The Balaban J connectivity index is 1.43. The Bertz CT molecular complexity index is 1910. The molecular weight excluding hydrogens is 482 g/mol. The Kier molecular flexibility index (Phi) is 5.33. The number of fused-ring (bicyclic) bond motifs is 3. The maximum atomic E-state index is 6.50. The zero-order valence-electron chi connectivity index (χ0n) is 22.0. The van der Waals surface area contributed by atoms with Gasteiger partial charge in [-0.25, -0.2) is 24.1 Å². The van der Waals surface area contributed by atoms with Crippen LogP contribution >= 0.6 is 0 Å². The van der Waals surface area contributed by atoms with Crippen LogP contribution in [-0.4, -0.2) is 19.5 Å². The lowest BCUT2D eigenvalue weighted by molar-refractivity contribution is -0.659. The van der Waals surface area contributed by atoms with Crippen molar-refractivity contribution in [2.75, 3.05) is 0 Å². The van der Waals surface area contributed by atoms with E-state index in [1.807, 2.05) is 75.0 Å². The van der Waals surface area contributed by atoms with Crippen molar-refractivity contribution >= 4 is 22.1 Å². The first-order valence-electron chi connectivity index (χ1n) is 12.9. The quantitative estimate of drug-likeness (QED) is 0.242. The zero-order valence-corrected chi connectivity index (χ0v) is 22.0. The van der Waals surface area contributed by atoms with Crippen molar-refractivity contribution < 1.29 is 8.98 Å². The molecule has 6 nitrogen and oxygen atoms in total. The maximum Gasteiger partial charge on any atom is 0.292 e. The molecule has 3 aromatic carbocycles. The molecule has 7 rings (SSSR count). The second-order valence-electron chi connectivity index (χ2n) is 9.82. The Morgan fingerprint density at radius 2 is 1.36 bits per heavy atom. The van der Waals surface area contributed by atoms with Gasteiger partial charge in [0, 0.05) is 21.9 Å². The zero-order chi connectivity index (χ0) is 26.5. The number of imidazole rings is 1. The molecule has 0 spiro atoms. The second kappa shape index (κ2) is 9.03. The molecule has 0 aliphatic heterocycles. The molecule has 39 heavy (non-hydrogen) atoms. The van der Waals surface area contributed by atoms with Gasteiger partial charge in [0.1, 0.15) is 23.7 Å². The van der Waals surface area contributed by atoms with Crippen molar-refractivity contribution in [3.63, 3.8) is 0 Å². The Hall–Kier alpha value is -5.10. The number of furan rings is 1. The monoisotopic (exact) mass is 508 g/mol. The summed E-state index contributed by atoms with van der Waals surface area (Å²) in [6, 6.07) is 30.7. The lowest BCUT2D eigenvalue weighted by Crippen LogP contribution is -2.29. The Labute approximate surface area is 225 Å². The molecule has 0 saturated heterocycles. The molecule has 0 aliphatic rings. The predicted molar refractivity (Wildman–Crippen MR) is 154 cm³/mol. The van der Waals surface area contributed by atoms with Crippen molar-refractivity contribution in [3.8, 4) is 45.4 Å². The van der Waals surface area contributed by atoms with Gasteiger partial charge in [-0.3, -0.25) is 0 Å². The van der Waals surface area contributed by atoms with Gasteiger partial charge in [0.05, 0.1) is 25.5 Å². The summed E-state index contributed by atoms with van der Waals surface area (Å²) in [4.78, 5) is 14.8. The second-order valence-corrected chi connectivity index (χ2v) is 9.82. The minimum absolute atomic E-state index is 0.558. The van der Waals surface area contributed by atoms with E-state index >= 15 is 0 Å². The highest BCUT2D eigenvalue weighted by molar-refractivity contribution is 6.08. The smallest absolute Gasteiger partial charge is 0.292 e. The fraction of sp³-hybridized carbons (Fsp3) is 0.0909. The SMILES string of the molecule is Cc1ccc2c(oc3nc(-c4nc(-c5ccccc5)cc(-c5ccccc5)n4)ccc32)c1-c1n(C)cc[n+]1C. The molecule has 7 aromatic rings. The molecule has 0 aliphatic carbocycles. The summed E-state index contributed by atoms with van der Waals surface area (Å²) in [5.41, 5.74) is 8.02. The highest BCUT2D eigenvalue weighted by Gasteiger charge is 2.24. The van der Waals surface area contributed by atoms with E-state index < -0.39 is 0 Å². The summed E-state index contributed by atoms with van der Waals surface area (Å²) in [5.74, 6) is 1.63. The Morgan fingerprint density at radius 3 is 1.97 bits per heavy atom.